The monoisotopic (exact) mass is 298 g/mol. The first-order chi connectivity index (χ1) is 10.7. The quantitative estimate of drug-likeness (QED) is 0.734. The summed E-state index contributed by atoms with van der Waals surface area (Å²) in [7, 11) is 0. The van der Waals surface area contributed by atoms with Crippen molar-refractivity contribution >= 4 is 0 Å². The number of rotatable bonds is 7. The third kappa shape index (κ3) is 3.85. The zero-order chi connectivity index (χ0) is 15.9. The lowest BCUT2D eigenvalue weighted by molar-refractivity contribution is 0.309. The van der Waals surface area contributed by atoms with Crippen molar-refractivity contribution < 1.29 is 4.74 Å². The molecule has 0 amide bonds. The van der Waals surface area contributed by atoms with Gasteiger partial charge in [0.05, 0.1) is 18.0 Å². The van der Waals surface area contributed by atoms with Crippen molar-refractivity contribution in [1.82, 2.24) is 15.0 Å². The minimum absolute atomic E-state index is 0.400. The van der Waals surface area contributed by atoms with Crippen LogP contribution in [-0.4, -0.2) is 21.6 Å². The van der Waals surface area contributed by atoms with E-state index in [1.807, 2.05) is 24.3 Å². The Hall–Kier alpha value is -2.35. The number of hydrogen-bond acceptors (Lipinski definition) is 4. The van der Waals surface area contributed by atoms with Crippen LogP contribution in [0.25, 0.3) is 5.69 Å². The maximum atomic E-state index is 9.17. The Labute approximate surface area is 131 Å². The topological polar surface area (TPSA) is 63.7 Å². The van der Waals surface area contributed by atoms with Gasteiger partial charge in [0.25, 0.3) is 0 Å². The number of nitrogens with zero attached hydrogens (tertiary/aromatic N) is 4. The lowest BCUT2D eigenvalue weighted by atomic mass is 10.1. The number of hydrogen-bond donors (Lipinski definition) is 0. The SMILES string of the molecule is CCCCOc1ccc(-n2nnc(C#N)c2CC(C)C)cc1. The van der Waals surface area contributed by atoms with E-state index in [-0.39, 0.29) is 0 Å². The fraction of sp³-hybridized carbons (Fsp3) is 0.471. The van der Waals surface area contributed by atoms with Crippen molar-refractivity contribution in [1.29, 1.82) is 5.26 Å². The van der Waals surface area contributed by atoms with Crippen LogP contribution in [0, 0.1) is 17.2 Å². The van der Waals surface area contributed by atoms with Crippen LogP contribution in [0.15, 0.2) is 24.3 Å². The third-order valence-electron chi connectivity index (χ3n) is 3.32. The van der Waals surface area contributed by atoms with Crippen LogP contribution in [0.5, 0.6) is 5.75 Å². The molecule has 0 spiro atoms. The van der Waals surface area contributed by atoms with Gasteiger partial charge in [0.1, 0.15) is 11.8 Å². The summed E-state index contributed by atoms with van der Waals surface area (Å²) in [5.74, 6) is 1.28. The van der Waals surface area contributed by atoms with Crippen molar-refractivity contribution in [3.63, 3.8) is 0 Å². The van der Waals surface area contributed by atoms with Crippen LogP contribution in [0.2, 0.25) is 0 Å². The van der Waals surface area contributed by atoms with E-state index in [1.54, 1.807) is 4.68 Å². The fourth-order valence-corrected chi connectivity index (χ4v) is 2.18. The second-order valence-electron chi connectivity index (χ2n) is 5.70. The molecule has 0 aliphatic heterocycles. The zero-order valence-corrected chi connectivity index (χ0v) is 13.4. The second kappa shape index (κ2) is 7.60. The summed E-state index contributed by atoms with van der Waals surface area (Å²) < 4.78 is 7.41. The Balaban J connectivity index is 2.21. The summed E-state index contributed by atoms with van der Waals surface area (Å²) in [5.41, 5.74) is 2.15. The molecule has 5 heteroatoms. The highest BCUT2D eigenvalue weighted by Crippen LogP contribution is 2.19. The van der Waals surface area contributed by atoms with E-state index in [0.29, 0.717) is 11.6 Å². The van der Waals surface area contributed by atoms with Crippen LogP contribution in [0.3, 0.4) is 0 Å². The number of unbranched alkanes of at least 4 members (excludes halogenated alkanes) is 1. The average Bonchev–Trinajstić information content (AvgIpc) is 2.90. The molecule has 0 unspecified atom stereocenters. The van der Waals surface area contributed by atoms with Crippen molar-refractivity contribution in [3.8, 4) is 17.5 Å². The maximum Gasteiger partial charge on any atom is 0.186 e. The average molecular weight is 298 g/mol. The van der Waals surface area contributed by atoms with Gasteiger partial charge in [-0.05, 0) is 43.0 Å². The lowest BCUT2D eigenvalue weighted by Crippen LogP contribution is -2.06. The molecule has 1 heterocycles. The molecule has 0 N–H and O–H groups in total. The van der Waals surface area contributed by atoms with Crippen molar-refractivity contribution in [3.05, 3.63) is 35.7 Å². The van der Waals surface area contributed by atoms with Gasteiger partial charge in [0, 0.05) is 0 Å². The van der Waals surface area contributed by atoms with Gasteiger partial charge >= 0.3 is 0 Å². The Morgan fingerprint density at radius 3 is 2.59 bits per heavy atom. The largest absolute Gasteiger partial charge is 0.494 e. The summed E-state index contributed by atoms with van der Waals surface area (Å²) in [4.78, 5) is 0. The fourth-order valence-electron chi connectivity index (χ4n) is 2.18. The molecular formula is C17H22N4O. The molecule has 5 nitrogen and oxygen atoms in total. The van der Waals surface area contributed by atoms with Gasteiger partial charge in [0.15, 0.2) is 5.69 Å². The van der Waals surface area contributed by atoms with E-state index < -0.39 is 0 Å². The van der Waals surface area contributed by atoms with Gasteiger partial charge in [0.2, 0.25) is 0 Å². The van der Waals surface area contributed by atoms with Crippen LogP contribution in [0.4, 0.5) is 0 Å². The molecule has 0 aliphatic rings. The van der Waals surface area contributed by atoms with E-state index >= 15 is 0 Å². The van der Waals surface area contributed by atoms with Crippen LogP contribution >= 0.6 is 0 Å². The third-order valence-corrected chi connectivity index (χ3v) is 3.32. The van der Waals surface area contributed by atoms with Gasteiger partial charge in [-0.1, -0.05) is 32.4 Å². The normalized spacial score (nSPS) is 10.7. The zero-order valence-electron chi connectivity index (χ0n) is 13.4. The molecule has 22 heavy (non-hydrogen) atoms. The summed E-state index contributed by atoms with van der Waals surface area (Å²) >= 11 is 0. The predicted octanol–water partition coefficient (Wildman–Crippen LogP) is 3.52. The summed E-state index contributed by atoms with van der Waals surface area (Å²) in [6, 6.07) is 9.87. The van der Waals surface area contributed by atoms with Crippen LogP contribution in [-0.2, 0) is 6.42 Å². The molecule has 1 aromatic carbocycles. The molecule has 2 aromatic rings. The first kappa shape index (κ1) is 16.0. The second-order valence-corrected chi connectivity index (χ2v) is 5.70. The highest BCUT2D eigenvalue weighted by Gasteiger charge is 2.15. The molecule has 0 radical (unpaired) electrons. The summed E-state index contributed by atoms with van der Waals surface area (Å²) in [5, 5.41) is 17.3. The Morgan fingerprint density at radius 2 is 2.00 bits per heavy atom. The number of benzene rings is 1. The molecule has 0 fully saturated rings. The van der Waals surface area contributed by atoms with E-state index in [2.05, 4.69) is 37.2 Å². The first-order valence-corrected chi connectivity index (χ1v) is 7.73. The smallest absolute Gasteiger partial charge is 0.186 e. The van der Waals surface area contributed by atoms with E-state index in [9.17, 15) is 5.26 Å². The number of ether oxygens (including phenoxy) is 1. The van der Waals surface area contributed by atoms with Gasteiger partial charge in [-0.3, -0.25) is 0 Å². The van der Waals surface area contributed by atoms with E-state index in [1.165, 1.54) is 0 Å². The molecule has 0 saturated heterocycles. The highest BCUT2D eigenvalue weighted by molar-refractivity contribution is 5.40. The van der Waals surface area contributed by atoms with Gasteiger partial charge in [-0.15, -0.1) is 5.10 Å². The highest BCUT2D eigenvalue weighted by atomic mass is 16.5. The summed E-state index contributed by atoms with van der Waals surface area (Å²) in [6.07, 6.45) is 2.94. The van der Waals surface area contributed by atoms with E-state index in [4.69, 9.17) is 4.74 Å². The first-order valence-electron chi connectivity index (χ1n) is 7.73. The molecule has 0 atom stereocenters. The molecular weight excluding hydrogens is 276 g/mol. The van der Waals surface area contributed by atoms with Crippen LogP contribution < -0.4 is 4.74 Å². The Kier molecular flexibility index (Phi) is 5.54. The molecule has 0 aliphatic carbocycles. The minimum Gasteiger partial charge on any atom is -0.494 e. The van der Waals surface area contributed by atoms with Gasteiger partial charge in [-0.2, -0.15) is 5.26 Å². The number of aromatic nitrogens is 3. The molecule has 0 saturated carbocycles. The Morgan fingerprint density at radius 1 is 1.27 bits per heavy atom. The Bertz CT molecular complexity index is 638. The number of nitriles is 1. The molecule has 2 rings (SSSR count). The predicted molar refractivity (Wildman–Crippen MR) is 85.0 cm³/mol. The molecule has 0 bridgehead atoms. The lowest BCUT2D eigenvalue weighted by Gasteiger charge is -2.10. The van der Waals surface area contributed by atoms with Crippen LogP contribution in [0.1, 0.15) is 45.0 Å². The van der Waals surface area contributed by atoms with Crippen molar-refractivity contribution in [2.75, 3.05) is 6.61 Å². The standard InChI is InChI=1S/C17H22N4O/c1-4-5-10-22-15-8-6-14(7-9-15)21-17(11-13(2)3)16(12-18)19-20-21/h6-9,13H,4-5,10-11H2,1-3H3. The maximum absolute atomic E-state index is 9.17. The van der Waals surface area contributed by atoms with Crippen molar-refractivity contribution in [2.24, 2.45) is 5.92 Å². The van der Waals surface area contributed by atoms with Gasteiger partial charge < -0.3 is 4.74 Å². The van der Waals surface area contributed by atoms with Gasteiger partial charge in [-0.25, -0.2) is 4.68 Å². The molecule has 1 aromatic heterocycles. The minimum atomic E-state index is 0.400. The van der Waals surface area contributed by atoms with E-state index in [0.717, 1.165) is 43.0 Å². The van der Waals surface area contributed by atoms with Crippen molar-refractivity contribution in [2.45, 2.75) is 40.0 Å². The summed E-state index contributed by atoms with van der Waals surface area (Å²) in [6.45, 7) is 7.10. The molecule has 116 valence electrons.